The molecular weight excluding hydrogens is 406 g/mol. The summed E-state index contributed by atoms with van der Waals surface area (Å²) in [6, 6.07) is 13.2. The lowest BCUT2D eigenvalue weighted by atomic mass is 10.2. The first-order chi connectivity index (χ1) is 12.0. The first-order valence-electron chi connectivity index (χ1n) is 7.11. The van der Waals surface area contributed by atoms with Crippen molar-refractivity contribution in [2.75, 3.05) is 0 Å². The van der Waals surface area contributed by atoms with Crippen LogP contribution in [0, 0.1) is 0 Å². The largest absolute Gasteiger partial charge is 0.457 e. The average molecular weight is 416 g/mol. The van der Waals surface area contributed by atoms with Gasteiger partial charge in [-0.2, -0.15) is 0 Å². The van der Waals surface area contributed by atoms with E-state index in [0.717, 1.165) is 0 Å². The van der Waals surface area contributed by atoms with Crippen LogP contribution in [0.4, 0.5) is 0 Å². The molecule has 0 fully saturated rings. The van der Waals surface area contributed by atoms with E-state index in [1.54, 1.807) is 36.4 Å². The number of furan rings is 1. The zero-order valence-electron chi connectivity index (χ0n) is 12.6. The number of carbonyl (C=O) groups is 1. The molecule has 0 atom stereocenters. The second-order valence-electron chi connectivity index (χ2n) is 5.07. The number of benzene rings is 2. The second-order valence-corrected chi connectivity index (χ2v) is 6.70. The smallest absolute Gasteiger partial charge is 0.340 e. The molecule has 0 radical (unpaired) electrons. The fraction of sp³-hybridized carbons (Fsp3) is 0.0556. The summed E-state index contributed by atoms with van der Waals surface area (Å²) in [5.74, 6) is 0.392. The Labute approximate surface area is 164 Å². The van der Waals surface area contributed by atoms with Crippen LogP contribution in [0.2, 0.25) is 20.1 Å². The molecule has 1 aromatic heterocycles. The van der Waals surface area contributed by atoms with Gasteiger partial charge in [0.05, 0.1) is 20.6 Å². The van der Waals surface area contributed by atoms with Crippen LogP contribution in [0.3, 0.4) is 0 Å². The van der Waals surface area contributed by atoms with Crippen molar-refractivity contribution in [3.8, 4) is 11.3 Å². The highest BCUT2D eigenvalue weighted by molar-refractivity contribution is 6.43. The molecule has 0 unspecified atom stereocenters. The highest BCUT2D eigenvalue weighted by atomic mass is 35.5. The van der Waals surface area contributed by atoms with E-state index in [-0.39, 0.29) is 17.2 Å². The molecule has 0 amide bonds. The summed E-state index contributed by atoms with van der Waals surface area (Å²) < 4.78 is 10.9. The maximum absolute atomic E-state index is 12.1. The summed E-state index contributed by atoms with van der Waals surface area (Å²) in [5, 5.41) is 1.49. The SMILES string of the molecule is O=C(OCc1ccc(-c2cccc(Cl)c2Cl)o1)c1cc(Cl)ccc1Cl. The van der Waals surface area contributed by atoms with Gasteiger partial charge in [-0.1, -0.05) is 52.5 Å². The normalized spacial score (nSPS) is 10.7. The van der Waals surface area contributed by atoms with Gasteiger partial charge in [0.25, 0.3) is 0 Å². The van der Waals surface area contributed by atoms with Crippen LogP contribution < -0.4 is 0 Å². The van der Waals surface area contributed by atoms with Crippen molar-refractivity contribution >= 4 is 52.4 Å². The first-order valence-corrected chi connectivity index (χ1v) is 8.62. The summed E-state index contributed by atoms with van der Waals surface area (Å²) in [4.78, 5) is 12.1. The summed E-state index contributed by atoms with van der Waals surface area (Å²) in [6.07, 6.45) is 0. The summed E-state index contributed by atoms with van der Waals surface area (Å²) in [6.45, 7) is -0.0557. The van der Waals surface area contributed by atoms with Crippen LogP contribution in [0.25, 0.3) is 11.3 Å². The van der Waals surface area contributed by atoms with Crippen molar-refractivity contribution in [1.29, 1.82) is 0 Å². The van der Waals surface area contributed by atoms with Crippen LogP contribution in [0.15, 0.2) is 52.9 Å². The Balaban J connectivity index is 1.73. The Morgan fingerprint density at radius 1 is 0.960 bits per heavy atom. The topological polar surface area (TPSA) is 39.4 Å². The van der Waals surface area contributed by atoms with Crippen LogP contribution in [-0.2, 0) is 11.3 Å². The van der Waals surface area contributed by atoms with Crippen LogP contribution in [0.5, 0.6) is 0 Å². The molecule has 0 aliphatic carbocycles. The molecule has 3 nitrogen and oxygen atoms in total. The molecule has 0 saturated heterocycles. The molecule has 0 saturated carbocycles. The van der Waals surface area contributed by atoms with Gasteiger partial charge in [0, 0.05) is 10.6 Å². The highest BCUT2D eigenvalue weighted by Gasteiger charge is 2.15. The van der Waals surface area contributed by atoms with E-state index in [1.807, 2.05) is 0 Å². The van der Waals surface area contributed by atoms with Crippen molar-refractivity contribution in [3.63, 3.8) is 0 Å². The number of halogens is 4. The number of carbonyl (C=O) groups excluding carboxylic acids is 1. The molecule has 1 heterocycles. The van der Waals surface area contributed by atoms with Crippen LogP contribution in [-0.4, -0.2) is 5.97 Å². The zero-order chi connectivity index (χ0) is 18.0. The fourth-order valence-electron chi connectivity index (χ4n) is 2.16. The third-order valence-corrected chi connectivity index (χ3v) is 4.76. The van der Waals surface area contributed by atoms with Gasteiger partial charge >= 0.3 is 5.97 Å². The lowest BCUT2D eigenvalue weighted by Gasteiger charge is -2.06. The molecule has 2 aromatic carbocycles. The number of hydrogen-bond donors (Lipinski definition) is 0. The highest BCUT2D eigenvalue weighted by Crippen LogP contribution is 2.34. The van der Waals surface area contributed by atoms with Gasteiger partial charge in [0.15, 0.2) is 0 Å². The van der Waals surface area contributed by atoms with E-state index in [9.17, 15) is 4.79 Å². The fourth-order valence-corrected chi connectivity index (χ4v) is 2.92. The average Bonchev–Trinajstić information content (AvgIpc) is 3.06. The minimum Gasteiger partial charge on any atom is -0.457 e. The molecule has 0 N–H and O–H groups in total. The summed E-state index contributed by atoms with van der Waals surface area (Å²) >= 11 is 24.0. The molecule has 128 valence electrons. The molecule has 0 aliphatic rings. The van der Waals surface area contributed by atoms with Gasteiger partial charge in [-0.3, -0.25) is 0 Å². The van der Waals surface area contributed by atoms with E-state index in [4.69, 9.17) is 55.6 Å². The molecular formula is C18H10Cl4O3. The molecule has 0 spiro atoms. The van der Waals surface area contributed by atoms with Crippen molar-refractivity contribution in [3.05, 3.63) is 79.9 Å². The Kier molecular flexibility index (Phi) is 5.60. The van der Waals surface area contributed by atoms with E-state index in [0.29, 0.717) is 32.2 Å². The Bertz CT molecular complexity index is 934. The Hall–Kier alpha value is -1.65. The number of rotatable bonds is 4. The lowest BCUT2D eigenvalue weighted by molar-refractivity contribution is 0.0446. The Morgan fingerprint density at radius 3 is 2.56 bits per heavy atom. The molecule has 0 bridgehead atoms. The van der Waals surface area contributed by atoms with Crippen molar-refractivity contribution in [2.45, 2.75) is 6.61 Å². The minimum atomic E-state index is -0.591. The third kappa shape index (κ3) is 4.13. The molecule has 3 rings (SSSR count). The number of ether oxygens (including phenoxy) is 1. The maximum Gasteiger partial charge on any atom is 0.340 e. The maximum atomic E-state index is 12.1. The van der Waals surface area contributed by atoms with E-state index < -0.39 is 5.97 Å². The molecule has 0 aliphatic heterocycles. The Morgan fingerprint density at radius 2 is 1.76 bits per heavy atom. The van der Waals surface area contributed by atoms with Gasteiger partial charge < -0.3 is 9.15 Å². The number of esters is 1. The molecule has 25 heavy (non-hydrogen) atoms. The molecule has 7 heteroatoms. The predicted octanol–water partition coefficient (Wildman–Crippen LogP) is 6.92. The third-order valence-electron chi connectivity index (χ3n) is 3.37. The zero-order valence-corrected chi connectivity index (χ0v) is 15.6. The monoisotopic (exact) mass is 414 g/mol. The quantitative estimate of drug-likeness (QED) is 0.434. The summed E-state index contributed by atoms with van der Waals surface area (Å²) in [5.41, 5.74) is 0.850. The van der Waals surface area contributed by atoms with Crippen LogP contribution in [0.1, 0.15) is 16.1 Å². The van der Waals surface area contributed by atoms with Crippen molar-refractivity contribution in [2.24, 2.45) is 0 Å². The first kappa shape index (κ1) is 18.2. The van der Waals surface area contributed by atoms with Crippen molar-refractivity contribution < 1.29 is 13.9 Å². The van der Waals surface area contributed by atoms with Crippen LogP contribution >= 0.6 is 46.4 Å². The van der Waals surface area contributed by atoms with Crippen molar-refractivity contribution in [1.82, 2.24) is 0 Å². The second kappa shape index (κ2) is 7.71. The van der Waals surface area contributed by atoms with Gasteiger partial charge in [-0.15, -0.1) is 0 Å². The van der Waals surface area contributed by atoms with Gasteiger partial charge in [-0.25, -0.2) is 4.79 Å². The predicted molar refractivity (Wildman–Crippen MR) is 99.7 cm³/mol. The summed E-state index contributed by atoms with van der Waals surface area (Å²) in [7, 11) is 0. The molecule has 3 aromatic rings. The van der Waals surface area contributed by atoms with Gasteiger partial charge in [0.2, 0.25) is 0 Å². The van der Waals surface area contributed by atoms with E-state index in [2.05, 4.69) is 0 Å². The van der Waals surface area contributed by atoms with E-state index in [1.165, 1.54) is 12.1 Å². The standard InChI is InChI=1S/C18H10Cl4O3/c19-10-4-6-14(20)13(8-10)18(23)24-9-11-5-7-16(25-11)12-2-1-3-15(21)17(12)22/h1-8H,9H2. The van der Waals surface area contributed by atoms with Gasteiger partial charge in [-0.05, 0) is 42.5 Å². The lowest BCUT2D eigenvalue weighted by Crippen LogP contribution is -2.05. The van der Waals surface area contributed by atoms with E-state index >= 15 is 0 Å². The van der Waals surface area contributed by atoms with Gasteiger partial charge in [0.1, 0.15) is 18.1 Å². The minimum absolute atomic E-state index is 0.0557. The number of hydrogen-bond acceptors (Lipinski definition) is 3.